The maximum atomic E-state index is 6.36. The van der Waals surface area contributed by atoms with Crippen LogP contribution < -0.4 is 5.32 Å². The van der Waals surface area contributed by atoms with Gasteiger partial charge in [-0.25, -0.2) is 4.68 Å². The summed E-state index contributed by atoms with van der Waals surface area (Å²) in [6.45, 7) is 5.14. The largest absolute Gasteiger partial charge is 0.370 e. The second-order valence-corrected chi connectivity index (χ2v) is 7.13. The molecule has 2 aromatic carbocycles. The summed E-state index contributed by atoms with van der Waals surface area (Å²) < 4.78 is 2.04. The fraction of sp³-hybridized carbons (Fsp3) is 0.286. The minimum Gasteiger partial charge on any atom is -0.370 e. The van der Waals surface area contributed by atoms with Crippen molar-refractivity contribution in [3.63, 3.8) is 0 Å². The molecule has 0 radical (unpaired) electrons. The number of hydrogen-bond donors (Lipinski definition) is 1. The number of halogens is 1. The van der Waals surface area contributed by atoms with Crippen LogP contribution in [0.5, 0.6) is 0 Å². The summed E-state index contributed by atoms with van der Waals surface area (Å²) in [7, 11) is 0. The highest BCUT2D eigenvalue weighted by Crippen LogP contribution is 2.35. The summed E-state index contributed by atoms with van der Waals surface area (Å²) in [5, 5.41) is 9.37. The highest BCUT2D eigenvalue weighted by atomic mass is 35.5. The van der Waals surface area contributed by atoms with Crippen LogP contribution in [0.3, 0.4) is 0 Å². The van der Waals surface area contributed by atoms with Gasteiger partial charge in [0, 0.05) is 22.7 Å². The maximum Gasteiger partial charge on any atom is 0.133 e. The third-order valence-electron chi connectivity index (χ3n) is 4.92. The minimum absolute atomic E-state index is 0.771. The first-order chi connectivity index (χ1) is 12.1. The van der Waals surface area contributed by atoms with Gasteiger partial charge < -0.3 is 5.32 Å². The van der Waals surface area contributed by atoms with Crippen molar-refractivity contribution >= 4 is 17.4 Å². The molecule has 0 saturated carbocycles. The van der Waals surface area contributed by atoms with E-state index < -0.39 is 0 Å². The molecule has 0 saturated heterocycles. The molecule has 1 aliphatic rings. The molecule has 0 aliphatic carbocycles. The van der Waals surface area contributed by atoms with E-state index in [2.05, 4.69) is 42.6 Å². The third-order valence-corrected chi connectivity index (χ3v) is 5.33. The molecule has 4 rings (SSSR count). The van der Waals surface area contributed by atoms with Crippen molar-refractivity contribution in [1.82, 2.24) is 9.78 Å². The first-order valence-corrected chi connectivity index (χ1v) is 9.21. The molecule has 1 aliphatic heterocycles. The average molecular weight is 352 g/mol. The van der Waals surface area contributed by atoms with Crippen LogP contribution in [0.15, 0.2) is 42.5 Å². The van der Waals surface area contributed by atoms with Gasteiger partial charge in [-0.15, -0.1) is 0 Å². The molecule has 128 valence electrons. The number of benzene rings is 2. The predicted octanol–water partition coefficient (Wildman–Crippen LogP) is 5.56. The standard InChI is InChI=1S/C21H22ClN3/c1-14-9-11-16(12-10-14)20-17-6-3-4-13-23-21(17)25(24-20)19-8-5-7-18(22)15(19)2/h5,7-12,23H,3-4,6,13H2,1-2H3. The van der Waals surface area contributed by atoms with Gasteiger partial charge in [0.1, 0.15) is 5.82 Å². The van der Waals surface area contributed by atoms with Crippen molar-refractivity contribution in [3.05, 3.63) is 64.2 Å². The van der Waals surface area contributed by atoms with E-state index in [-0.39, 0.29) is 0 Å². The SMILES string of the molecule is Cc1ccc(-c2nn(-c3cccc(Cl)c3C)c3c2CCCCN3)cc1. The molecule has 2 heterocycles. The van der Waals surface area contributed by atoms with Crippen LogP contribution in [0.25, 0.3) is 16.9 Å². The number of nitrogens with one attached hydrogen (secondary N) is 1. The molecular weight excluding hydrogens is 330 g/mol. The first kappa shape index (κ1) is 16.2. The highest BCUT2D eigenvalue weighted by molar-refractivity contribution is 6.31. The van der Waals surface area contributed by atoms with Gasteiger partial charge >= 0.3 is 0 Å². The molecule has 0 spiro atoms. The Hall–Kier alpha value is -2.26. The Kier molecular flexibility index (Phi) is 4.26. The van der Waals surface area contributed by atoms with E-state index in [0.29, 0.717) is 0 Å². The van der Waals surface area contributed by atoms with Crippen molar-refractivity contribution < 1.29 is 0 Å². The van der Waals surface area contributed by atoms with E-state index in [9.17, 15) is 0 Å². The molecule has 1 N–H and O–H groups in total. The lowest BCUT2D eigenvalue weighted by Crippen LogP contribution is -2.08. The quantitative estimate of drug-likeness (QED) is 0.655. The summed E-state index contributed by atoms with van der Waals surface area (Å²) in [6, 6.07) is 14.6. The normalized spacial score (nSPS) is 13.9. The van der Waals surface area contributed by atoms with Gasteiger partial charge in [-0.3, -0.25) is 0 Å². The lowest BCUT2D eigenvalue weighted by atomic mass is 10.0. The lowest BCUT2D eigenvalue weighted by Gasteiger charge is -2.12. The summed E-state index contributed by atoms with van der Waals surface area (Å²) in [4.78, 5) is 0. The van der Waals surface area contributed by atoms with E-state index in [1.807, 2.05) is 23.7 Å². The van der Waals surface area contributed by atoms with E-state index in [1.54, 1.807) is 0 Å². The number of anilines is 1. The first-order valence-electron chi connectivity index (χ1n) is 8.83. The fourth-order valence-corrected chi connectivity index (χ4v) is 3.62. The van der Waals surface area contributed by atoms with Crippen LogP contribution in [0.1, 0.15) is 29.5 Å². The van der Waals surface area contributed by atoms with Gasteiger partial charge in [-0.2, -0.15) is 5.10 Å². The molecular formula is C21H22ClN3. The molecule has 3 aromatic rings. The number of rotatable bonds is 2. The fourth-order valence-electron chi connectivity index (χ4n) is 3.45. The molecule has 25 heavy (non-hydrogen) atoms. The van der Waals surface area contributed by atoms with Crippen molar-refractivity contribution in [3.8, 4) is 16.9 Å². The molecule has 4 heteroatoms. The van der Waals surface area contributed by atoms with Crippen LogP contribution in [0.4, 0.5) is 5.82 Å². The number of fused-ring (bicyclic) bond motifs is 1. The van der Waals surface area contributed by atoms with Gasteiger partial charge in [0.15, 0.2) is 0 Å². The zero-order valence-corrected chi connectivity index (χ0v) is 15.4. The number of aryl methyl sites for hydroxylation is 1. The highest BCUT2D eigenvalue weighted by Gasteiger charge is 2.22. The predicted molar refractivity (Wildman–Crippen MR) is 105 cm³/mol. The summed E-state index contributed by atoms with van der Waals surface area (Å²) >= 11 is 6.36. The van der Waals surface area contributed by atoms with Crippen LogP contribution in [-0.2, 0) is 6.42 Å². The summed E-state index contributed by atoms with van der Waals surface area (Å²) in [5.41, 5.74) is 6.90. The van der Waals surface area contributed by atoms with Crippen LogP contribution in [0, 0.1) is 13.8 Å². The second kappa shape index (κ2) is 6.57. The monoisotopic (exact) mass is 351 g/mol. The minimum atomic E-state index is 0.771. The molecule has 0 unspecified atom stereocenters. The molecule has 0 fully saturated rings. The molecule has 0 atom stereocenters. The number of aromatic nitrogens is 2. The van der Waals surface area contributed by atoms with Crippen LogP contribution >= 0.6 is 11.6 Å². The Morgan fingerprint density at radius 2 is 1.84 bits per heavy atom. The maximum absolute atomic E-state index is 6.36. The van der Waals surface area contributed by atoms with Gasteiger partial charge in [0.05, 0.1) is 11.4 Å². The Balaban J connectivity index is 1.93. The van der Waals surface area contributed by atoms with E-state index in [0.717, 1.165) is 40.8 Å². The molecule has 3 nitrogen and oxygen atoms in total. The van der Waals surface area contributed by atoms with Crippen LogP contribution in [-0.4, -0.2) is 16.3 Å². The smallest absolute Gasteiger partial charge is 0.133 e. The van der Waals surface area contributed by atoms with Crippen molar-refractivity contribution in [2.45, 2.75) is 33.1 Å². The Bertz CT molecular complexity index is 910. The zero-order valence-electron chi connectivity index (χ0n) is 14.6. The average Bonchev–Trinajstić information content (AvgIpc) is 2.80. The van der Waals surface area contributed by atoms with Crippen molar-refractivity contribution in [2.24, 2.45) is 0 Å². The second-order valence-electron chi connectivity index (χ2n) is 6.72. The molecule has 1 aromatic heterocycles. The van der Waals surface area contributed by atoms with E-state index in [4.69, 9.17) is 16.7 Å². The number of nitrogens with zero attached hydrogens (tertiary/aromatic N) is 2. The summed E-state index contributed by atoms with van der Waals surface area (Å²) in [6.07, 6.45) is 3.40. The van der Waals surface area contributed by atoms with Gasteiger partial charge in [0.25, 0.3) is 0 Å². The zero-order chi connectivity index (χ0) is 17.4. The number of hydrogen-bond acceptors (Lipinski definition) is 2. The molecule has 0 bridgehead atoms. The Morgan fingerprint density at radius 1 is 1.04 bits per heavy atom. The van der Waals surface area contributed by atoms with Crippen molar-refractivity contribution in [1.29, 1.82) is 0 Å². The van der Waals surface area contributed by atoms with E-state index >= 15 is 0 Å². The topological polar surface area (TPSA) is 29.9 Å². The van der Waals surface area contributed by atoms with E-state index in [1.165, 1.54) is 29.5 Å². The third kappa shape index (κ3) is 2.93. The van der Waals surface area contributed by atoms with Crippen molar-refractivity contribution in [2.75, 3.05) is 11.9 Å². The van der Waals surface area contributed by atoms with Gasteiger partial charge in [-0.05, 0) is 50.8 Å². The Morgan fingerprint density at radius 3 is 2.64 bits per heavy atom. The van der Waals surface area contributed by atoms with Gasteiger partial charge in [0.2, 0.25) is 0 Å². The van der Waals surface area contributed by atoms with Gasteiger partial charge in [-0.1, -0.05) is 47.5 Å². The molecule has 0 amide bonds. The lowest BCUT2D eigenvalue weighted by molar-refractivity contribution is 0.779. The summed E-state index contributed by atoms with van der Waals surface area (Å²) in [5.74, 6) is 1.11. The Labute approximate surface area is 153 Å². The van der Waals surface area contributed by atoms with Crippen LogP contribution in [0.2, 0.25) is 5.02 Å².